The number of hydrogen-bond acceptors (Lipinski definition) is 6. The number of hydrogen-bond donors (Lipinski definition) is 0. The average Bonchev–Trinajstić information content (AvgIpc) is 2.70. The van der Waals surface area contributed by atoms with Crippen molar-refractivity contribution in [3.05, 3.63) is 77.2 Å². The zero-order chi connectivity index (χ0) is 19.5. The Labute approximate surface area is 159 Å². The van der Waals surface area contributed by atoms with Crippen LogP contribution >= 0.6 is 0 Å². The van der Waals surface area contributed by atoms with Gasteiger partial charge in [0.15, 0.2) is 0 Å². The molecule has 0 aliphatic carbocycles. The molecule has 3 aromatic carbocycles. The van der Waals surface area contributed by atoms with Crippen molar-refractivity contribution in [2.24, 2.45) is 0 Å². The quantitative estimate of drug-likeness (QED) is 0.357. The van der Waals surface area contributed by atoms with Crippen molar-refractivity contribution in [2.75, 3.05) is 6.61 Å². The minimum atomic E-state index is -0.819. The van der Waals surface area contributed by atoms with Gasteiger partial charge in [0, 0.05) is 6.07 Å². The first-order chi connectivity index (χ1) is 13.6. The molecule has 0 aliphatic rings. The molecule has 0 fully saturated rings. The summed E-state index contributed by atoms with van der Waals surface area (Å²) in [5, 5.41) is 2.40. The molecule has 0 saturated carbocycles. The summed E-state index contributed by atoms with van der Waals surface area (Å²) < 4.78 is 21.0. The number of carbonyl (C=O) groups excluding carboxylic acids is 1. The summed E-state index contributed by atoms with van der Waals surface area (Å²) in [6, 6.07) is 17.9. The molecule has 0 saturated heterocycles. The Balaban J connectivity index is 1.63. The molecule has 0 atom stereocenters. The van der Waals surface area contributed by atoms with Crippen molar-refractivity contribution < 1.29 is 23.4 Å². The van der Waals surface area contributed by atoms with Gasteiger partial charge in [-0.25, -0.2) is 4.79 Å². The second-order valence-electron chi connectivity index (χ2n) is 5.98. The van der Waals surface area contributed by atoms with Gasteiger partial charge in [0.25, 0.3) is 0 Å². The molecule has 0 bridgehead atoms. The summed E-state index contributed by atoms with van der Waals surface area (Å²) in [7, 11) is 0. The van der Waals surface area contributed by atoms with Gasteiger partial charge in [0.05, 0.1) is 12.0 Å². The van der Waals surface area contributed by atoms with Gasteiger partial charge in [-0.1, -0.05) is 30.3 Å². The fourth-order valence-corrected chi connectivity index (χ4v) is 2.83. The van der Waals surface area contributed by atoms with Crippen LogP contribution in [0.25, 0.3) is 21.7 Å². The predicted octanol–water partition coefficient (Wildman–Crippen LogP) is 5.27. The molecule has 0 radical (unpaired) electrons. The topological polar surface area (TPSA) is 75.0 Å². The van der Waals surface area contributed by atoms with Crippen LogP contribution in [0.2, 0.25) is 0 Å². The summed E-state index contributed by atoms with van der Waals surface area (Å²) in [6.45, 7) is 1.88. The zero-order valence-electron chi connectivity index (χ0n) is 15.0. The van der Waals surface area contributed by atoms with Crippen LogP contribution in [0.4, 0.5) is 4.79 Å². The van der Waals surface area contributed by atoms with E-state index in [1.54, 1.807) is 13.0 Å². The SMILES string of the molecule is CCOC(=O)Oc1ccc2c(=O)c(Oc3ccc4ccccc4c3)coc2c1. The van der Waals surface area contributed by atoms with Crippen LogP contribution in [0.15, 0.2) is 76.1 Å². The summed E-state index contributed by atoms with van der Waals surface area (Å²) in [5.74, 6) is 0.826. The van der Waals surface area contributed by atoms with Gasteiger partial charge >= 0.3 is 6.16 Å². The summed E-state index contributed by atoms with van der Waals surface area (Å²) >= 11 is 0. The van der Waals surface area contributed by atoms with Crippen molar-refractivity contribution in [3.63, 3.8) is 0 Å². The predicted molar refractivity (Wildman–Crippen MR) is 104 cm³/mol. The van der Waals surface area contributed by atoms with Crippen LogP contribution in [0, 0.1) is 0 Å². The van der Waals surface area contributed by atoms with Gasteiger partial charge in [-0.3, -0.25) is 4.79 Å². The molecule has 4 rings (SSSR count). The Kier molecular flexibility index (Phi) is 4.68. The maximum Gasteiger partial charge on any atom is 0.513 e. The highest BCUT2D eigenvalue weighted by Crippen LogP contribution is 2.26. The molecule has 140 valence electrons. The number of benzene rings is 3. The second kappa shape index (κ2) is 7.44. The lowest BCUT2D eigenvalue weighted by molar-refractivity contribution is 0.104. The number of fused-ring (bicyclic) bond motifs is 2. The summed E-state index contributed by atoms with van der Waals surface area (Å²) in [4.78, 5) is 24.1. The molecular weight excluding hydrogens is 360 g/mol. The number of ether oxygens (including phenoxy) is 3. The van der Waals surface area contributed by atoms with Crippen molar-refractivity contribution in [2.45, 2.75) is 6.92 Å². The van der Waals surface area contributed by atoms with Crippen LogP contribution in [0.3, 0.4) is 0 Å². The van der Waals surface area contributed by atoms with E-state index in [0.29, 0.717) is 11.1 Å². The van der Waals surface area contributed by atoms with Gasteiger partial charge < -0.3 is 18.6 Å². The van der Waals surface area contributed by atoms with E-state index >= 15 is 0 Å². The lowest BCUT2D eigenvalue weighted by Crippen LogP contribution is -2.10. The van der Waals surface area contributed by atoms with E-state index < -0.39 is 6.16 Å². The van der Waals surface area contributed by atoms with Gasteiger partial charge in [-0.05, 0) is 42.0 Å². The number of rotatable bonds is 4. The van der Waals surface area contributed by atoms with Crippen molar-refractivity contribution >= 4 is 27.9 Å². The highest BCUT2D eigenvalue weighted by molar-refractivity contribution is 5.84. The maximum atomic E-state index is 12.7. The monoisotopic (exact) mass is 376 g/mol. The van der Waals surface area contributed by atoms with E-state index in [-0.39, 0.29) is 29.1 Å². The van der Waals surface area contributed by atoms with E-state index in [1.165, 1.54) is 24.5 Å². The Bertz CT molecular complexity index is 1220. The zero-order valence-corrected chi connectivity index (χ0v) is 15.0. The van der Waals surface area contributed by atoms with Gasteiger partial charge in [0.2, 0.25) is 11.2 Å². The van der Waals surface area contributed by atoms with Crippen molar-refractivity contribution in [3.8, 4) is 17.2 Å². The Hall–Kier alpha value is -3.80. The molecule has 1 heterocycles. The first-order valence-corrected chi connectivity index (χ1v) is 8.71. The largest absolute Gasteiger partial charge is 0.513 e. The average molecular weight is 376 g/mol. The first-order valence-electron chi connectivity index (χ1n) is 8.71. The third-order valence-electron chi connectivity index (χ3n) is 4.13. The Morgan fingerprint density at radius 2 is 1.75 bits per heavy atom. The molecule has 28 heavy (non-hydrogen) atoms. The third-order valence-corrected chi connectivity index (χ3v) is 4.13. The lowest BCUT2D eigenvalue weighted by Gasteiger charge is -2.08. The molecule has 1 aromatic heterocycles. The minimum Gasteiger partial charge on any atom is -0.460 e. The number of carbonyl (C=O) groups is 1. The van der Waals surface area contributed by atoms with E-state index in [9.17, 15) is 9.59 Å². The second-order valence-corrected chi connectivity index (χ2v) is 5.98. The lowest BCUT2D eigenvalue weighted by atomic mass is 10.1. The van der Waals surface area contributed by atoms with E-state index in [0.717, 1.165) is 10.8 Å². The standard InChI is InChI=1S/C22H16O6/c1-2-25-22(24)28-17-9-10-18-19(12-17)26-13-20(21(18)23)27-16-8-7-14-5-3-4-6-15(14)11-16/h3-13H,2H2,1H3. The Morgan fingerprint density at radius 1 is 0.964 bits per heavy atom. The van der Waals surface area contributed by atoms with Gasteiger partial charge in [-0.2, -0.15) is 0 Å². The van der Waals surface area contributed by atoms with Gasteiger partial charge in [-0.15, -0.1) is 0 Å². The van der Waals surface area contributed by atoms with E-state index in [2.05, 4.69) is 0 Å². The minimum absolute atomic E-state index is 0.0712. The van der Waals surface area contributed by atoms with E-state index in [1.807, 2.05) is 36.4 Å². The molecule has 0 spiro atoms. The van der Waals surface area contributed by atoms with Crippen LogP contribution in [-0.4, -0.2) is 12.8 Å². The highest BCUT2D eigenvalue weighted by atomic mass is 16.7. The van der Waals surface area contributed by atoms with Crippen LogP contribution in [0.1, 0.15) is 6.92 Å². The molecule has 6 heteroatoms. The smallest absolute Gasteiger partial charge is 0.460 e. The first kappa shape index (κ1) is 17.6. The van der Waals surface area contributed by atoms with Gasteiger partial charge in [0.1, 0.15) is 23.3 Å². The molecule has 0 unspecified atom stereocenters. The van der Waals surface area contributed by atoms with Crippen molar-refractivity contribution in [1.82, 2.24) is 0 Å². The third kappa shape index (κ3) is 3.53. The van der Waals surface area contributed by atoms with E-state index in [4.69, 9.17) is 18.6 Å². The molecule has 0 aliphatic heterocycles. The maximum absolute atomic E-state index is 12.7. The fourth-order valence-electron chi connectivity index (χ4n) is 2.83. The van der Waals surface area contributed by atoms with Crippen LogP contribution < -0.4 is 14.9 Å². The van der Waals surface area contributed by atoms with Crippen molar-refractivity contribution in [1.29, 1.82) is 0 Å². The molecule has 0 amide bonds. The fraction of sp³-hybridized carbons (Fsp3) is 0.0909. The highest BCUT2D eigenvalue weighted by Gasteiger charge is 2.12. The molecule has 0 N–H and O–H groups in total. The summed E-state index contributed by atoms with van der Waals surface area (Å²) in [6.07, 6.45) is 0.425. The van der Waals surface area contributed by atoms with Crippen LogP contribution in [-0.2, 0) is 4.74 Å². The molecular formula is C22H16O6. The molecule has 4 aromatic rings. The molecule has 6 nitrogen and oxygen atoms in total. The normalized spacial score (nSPS) is 10.8. The summed E-state index contributed by atoms with van der Waals surface area (Å²) in [5.41, 5.74) is -0.0465. The van der Waals surface area contributed by atoms with Crippen LogP contribution in [0.5, 0.6) is 17.2 Å². The Morgan fingerprint density at radius 3 is 2.57 bits per heavy atom.